The van der Waals surface area contributed by atoms with E-state index in [0.29, 0.717) is 0 Å². The van der Waals surface area contributed by atoms with E-state index in [4.69, 9.17) is 0 Å². The number of thioether (sulfide) groups is 3. The molecule has 0 heterocycles. The fourth-order valence-electron chi connectivity index (χ4n) is 4.54. The van der Waals surface area contributed by atoms with Crippen LogP contribution in [0.15, 0.2) is 33.1 Å². The van der Waals surface area contributed by atoms with E-state index >= 15 is 0 Å². The van der Waals surface area contributed by atoms with Crippen molar-refractivity contribution in [2.75, 3.05) is 23.0 Å². The Balaban J connectivity index is 2.67. The smallest absolute Gasteiger partial charge is 0.185 e. The van der Waals surface area contributed by atoms with Crippen LogP contribution in [0.3, 0.4) is 0 Å². The monoisotopic (exact) mass is 566 g/mol. The first-order valence-corrected chi connectivity index (χ1v) is 18.8. The highest BCUT2D eigenvalue weighted by molar-refractivity contribution is 8.22. The SMILES string of the molecule is CCCCCCCCSCC1=CC(=C(SCCCCCCCC)SCCCCCCCC)C=C(C)C1=O. The van der Waals surface area contributed by atoms with Gasteiger partial charge >= 0.3 is 0 Å². The van der Waals surface area contributed by atoms with E-state index in [1.54, 1.807) is 0 Å². The first-order valence-electron chi connectivity index (χ1n) is 15.6. The summed E-state index contributed by atoms with van der Waals surface area (Å²) in [7, 11) is 0. The molecule has 0 aliphatic heterocycles. The van der Waals surface area contributed by atoms with Crippen LogP contribution in [0.1, 0.15) is 143 Å². The van der Waals surface area contributed by atoms with Gasteiger partial charge in [0.2, 0.25) is 0 Å². The van der Waals surface area contributed by atoms with Crippen LogP contribution < -0.4 is 0 Å². The molecule has 1 nitrogen and oxygen atoms in total. The third-order valence-electron chi connectivity index (χ3n) is 6.95. The van der Waals surface area contributed by atoms with Crippen LogP contribution in [0.5, 0.6) is 0 Å². The third-order valence-corrected chi connectivity index (χ3v) is 10.7. The van der Waals surface area contributed by atoms with E-state index in [-0.39, 0.29) is 5.78 Å². The van der Waals surface area contributed by atoms with E-state index in [0.717, 1.165) is 16.9 Å². The molecule has 0 aromatic carbocycles. The fraction of sp³-hybridized carbons (Fsp3) is 0.788. The molecule has 1 rings (SSSR count). The first-order chi connectivity index (χ1) is 18.1. The van der Waals surface area contributed by atoms with Crippen molar-refractivity contribution in [3.05, 3.63) is 33.1 Å². The second-order valence-corrected chi connectivity index (χ2v) is 14.2. The lowest BCUT2D eigenvalue weighted by atomic mass is 9.96. The van der Waals surface area contributed by atoms with Gasteiger partial charge in [0.1, 0.15) is 0 Å². The van der Waals surface area contributed by atoms with Crippen molar-refractivity contribution in [2.45, 2.75) is 143 Å². The summed E-state index contributed by atoms with van der Waals surface area (Å²) >= 11 is 6.04. The van der Waals surface area contributed by atoms with Gasteiger partial charge in [0.25, 0.3) is 0 Å². The Hall–Kier alpha value is -0.0600. The van der Waals surface area contributed by atoms with Gasteiger partial charge in [-0.3, -0.25) is 4.79 Å². The second kappa shape index (κ2) is 24.9. The van der Waals surface area contributed by atoms with Crippen LogP contribution >= 0.6 is 35.3 Å². The molecule has 0 aromatic rings. The lowest BCUT2D eigenvalue weighted by Crippen LogP contribution is -2.11. The summed E-state index contributed by atoms with van der Waals surface area (Å²) in [5.74, 6) is 4.70. The van der Waals surface area contributed by atoms with Gasteiger partial charge < -0.3 is 0 Å². The van der Waals surface area contributed by atoms with Crippen molar-refractivity contribution in [2.24, 2.45) is 0 Å². The molecular weight excluding hydrogens is 509 g/mol. The van der Waals surface area contributed by atoms with Gasteiger partial charge in [-0.2, -0.15) is 11.8 Å². The topological polar surface area (TPSA) is 17.1 Å². The maximum absolute atomic E-state index is 12.9. The van der Waals surface area contributed by atoms with Crippen molar-refractivity contribution in [3.8, 4) is 0 Å². The summed E-state index contributed by atoms with van der Waals surface area (Å²) in [5, 5.41) is 0. The van der Waals surface area contributed by atoms with E-state index in [1.807, 2.05) is 42.2 Å². The maximum atomic E-state index is 12.9. The summed E-state index contributed by atoms with van der Waals surface area (Å²) < 4.78 is 1.45. The van der Waals surface area contributed by atoms with Crippen LogP contribution in [-0.2, 0) is 4.79 Å². The molecule has 0 atom stereocenters. The summed E-state index contributed by atoms with van der Waals surface area (Å²) in [6.45, 7) is 8.86. The van der Waals surface area contributed by atoms with Crippen molar-refractivity contribution in [3.63, 3.8) is 0 Å². The number of allylic oxidation sites excluding steroid dienone is 4. The van der Waals surface area contributed by atoms with Gasteiger partial charge in [-0.05, 0) is 66.7 Å². The molecule has 0 saturated heterocycles. The summed E-state index contributed by atoms with van der Waals surface area (Å²) in [6, 6.07) is 0. The standard InChI is InChI=1S/C33H58OS3/c1-5-8-11-14-17-20-23-35-28-31-27-30(26-29(4)32(31)34)33(36-24-21-18-15-12-9-6-2)37-25-22-19-16-13-10-7-3/h26-27H,5-25,28H2,1-4H3. The van der Waals surface area contributed by atoms with E-state index in [1.165, 1.54) is 143 Å². The zero-order valence-electron chi connectivity index (χ0n) is 24.8. The molecular formula is C33H58OS3. The first kappa shape index (κ1) is 35.0. The zero-order valence-corrected chi connectivity index (χ0v) is 27.3. The van der Waals surface area contributed by atoms with Gasteiger partial charge in [-0.15, -0.1) is 23.5 Å². The Morgan fingerprint density at radius 3 is 1.51 bits per heavy atom. The molecule has 0 amide bonds. The Bertz CT molecular complexity index is 657. The highest BCUT2D eigenvalue weighted by Gasteiger charge is 2.19. The number of unbranched alkanes of at least 4 members (excludes halogenated alkanes) is 15. The minimum Gasteiger partial charge on any atom is -0.289 e. The molecule has 0 saturated carbocycles. The fourth-order valence-corrected chi connectivity index (χ4v) is 8.00. The normalized spacial score (nSPS) is 13.7. The molecule has 1 aliphatic carbocycles. The quantitative estimate of drug-likeness (QED) is 0.102. The zero-order chi connectivity index (χ0) is 27.0. The summed E-state index contributed by atoms with van der Waals surface area (Å²) in [6.07, 6.45) is 28.6. The van der Waals surface area contributed by atoms with Gasteiger partial charge in [-0.1, -0.05) is 117 Å². The number of carbonyl (C=O) groups excluding carboxylic acids is 1. The number of Topliss-reactive ketones (excluding diaryl/α,β-unsaturated/α-hetero) is 1. The average Bonchev–Trinajstić information content (AvgIpc) is 2.90. The number of ketones is 1. The lowest BCUT2D eigenvalue weighted by molar-refractivity contribution is -0.112. The highest BCUT2D eigenvalue weighted by Crippen LogP contribution is 2.37. The van der Waals surface area contributed by atoms with E-state index in [9.17, 15) is 4.79 Å². The van der Waals surface area contributed by atoms with Crippen LogP contribution in [0.25, 0.3) is 0 Å². The summed E-state index contributed by atoms with van der Waals surface area (Å²) in [5.41, 5.74) is 3.24. The molecule has 1 aliphatic rings. The predicted molar refractivity (Wildman–Crippen MR) is 176 cm³/mol. The maximum Gasteiger partial charge on any atom is 0.185 e. The molecule has 0 radical (unpaired) electrons. The third kappa shape index (κ3) is 18.0. The van der Waals surface area contributed by atoms with Crippen LogP contribution in [0.4, 0.5) is 0 Å². The molecule has 37 heavy (non-hydrogen) atoms. The predicted octanol–water partition coefficient (Wildman–Crippen LogP) is 11.9. The van der Waals surface area contributed by atoms with Crippen LogP contribution in [0.2, 0.25) is 0 Å². The van der Waals surface area contributed by atoms with Crippen LogP contribution in [0, 0.1) is 0 Å². The molecule has 0 aromatic heterocycles. The largest absolute Gasteiger partial charge is 0.289 e. The van der Waals surface area contributed by atoms with E-state index < -0.39 is 0 Å². The molecule has 0 bridgehead atoms. The number of hydrogen-bond acceptors (Lipinski definition) is 4. The highest BCUT2D eigenvalue weighted by atomic mass is 32.2. The van der Waals surface area contributed by atoms with Crippen molar-refractivity contribution in [1.29, 1.82) is 0 Å². The van der Waals surface area contributed by atoms with Crippen molar-refractivity contribution in [1.82, 2.24) is 0 Å². The number of rotatable bonds is 25. The lowest BCUT2D eigenvalue weighted by Gasteiger charge is -2.17. The average molecular weight is 567 g/mol. The van der Waals surface area contributed by atoms with Gasteiger partial charge in [0, 0.05) is 15.6 Å². The Labute approximate surface area is 244 Å². The Morgan fingerprint density at radius 1 is 0.595 bits per heavy atom. The molecule has 0 fully saturated rings. The molecule has 0 spiro atoms. The summed E-state index contributed by atoms with van der Waals surface area (Å²) in [4.78, 5) is 12.9. The Morgan fingerprint density at radius 2 is 1.03 bits per heavy atom. The minimum absolute atomic E-state index is 0.264. The van der Waals surface area contributed by atoms with Crippen LogP contribution in [-0.4, -0.2) is 28.8 Å². The van der Waals surface area contributed by atoms with Gasteiger partial charge in [-0.25, -0.2) is 0 Å². The molecule has 0 N–H and O–H groups in total. The second-order valence-electron chi connectivity index (χ2n) is 10.6. The van der Waals surface area contributed by atoms with Gasteiger partial charge in [0.05, 0.1) is 0 Å². The number of hydrogen-bond donors (Lipinski definition) is 0. The minimum atomic E-state index is 0.264. The Kier molecular flexibility index (Phi) is 23.6. The molecule has 214 valence electrons. The van der Waals surface area contributed by atoms with Crippen molar-refractivity contribution >= 4 is 41.1 Å². The molecule has 4 heteroatoms. The van der Waals surface area contributed by atoms with E-state index in [2.05, 4.69) is 32.9 Å². The van der Waals surface area contributed by atoms with Crippen molar-refractivity contribution < 1.29 is 4.79 Å². The number of carbonyl (C=O) groups is 1. The molecule has 0 unspecified atom stereocenters. The van der Waals surface area contributed by atoms with Gasteiger partial charge in [0.15, 0.2) is 5.78 Å².